The molecule has 0 aliphatic rings. The Morgan fingerprint density at radius 1 is 1.33 bits per heavy atom. The van der Waals surface area contributed by atoms with Crippen LogP contribution in [0.1, 0.15) is 31.1 Å². The second-order valence-corrected chi connectivity index (χ2v) is 4.21. The maximum Gasteiger partial charge on any atom is 0.159 e. The molecule has 15 heavy (non-hydrogen) atoms. The lowest BCUT2D eigenvalue weighted by atomic mass is 10.1. The molecule has 0 unspecified atom stereocenters. The highest BCUT2D eigenvalue weighted by Crippen LogP contribution is 2.13. The maximum absolute atomic E-state index is 13.2. The van der Waals surface area contributed by atoms with Crippen LogP contribution in [0.15, 0.2) is 24.3 Å². The van der Waals surface area contributed by atoms with Gasteiger partial charge in [-0.25, -0.2) is 4.39 Å². The third-order valence-electron chi connectivity index (χ3n) is 2.00. The Bertz CT molecular complexity index is 338. The Hall–Kier alpha value is -1.38. The van der Waals surface area contributed by atoms with Crippen LogP contribution < -0.4 is 5.32 Å². The second kappa shape index (κ2) is 4.43. The Morgan fingerprint density at radius 3 is 2.27 bits per heavy atom. The molecule has 3 heteroatoms. The van der Waals surface area contributed by atoms with Crippen LogP contribution in [0.4, 0.5) is 10.1 Å². The van der Waals surface area contributed by atoms with Crippen LogP contribution in [-0.4, -0.2) is 18.0 Å². The molecule has 0 heterocycles. The van der Waals surface area contributed by atoms with Gasteiger partial charge in [-0.15, -0.1) is 0 Å². The van der Waals surface area contributed by atoms with Crippen LogP contribution in [0.5, 0.6) is 0 Å². The minimum atomic E-state index is -1.24. The van der Waals surface area contributed by atoms with Crippen LogP contribution in [0, 0.1) is 0 Å². The normalized spacial score (nSPS) is 11.2. The summed E-state index contributed by atoms with van der Waals surface area (Å²) in [6, 6.07) is 7.02. The van der Waals surface area contributed by atoms with Crippen molar-refractivity contribution in [1.82, 2.24) is 0 Å². The molecular weight excluding hydrogens is 193 g/mol. The Morgan fingerprint density at radius 2 is 1.87 bits per heavy atom. The number of alkyl halides is 1. The molecule has 0 radical (unpaired) electrons. The lowest BCUT2D eigenvalue weighted by molar-refractivity contribution is 0.101. The van der Waals surface area contributed by atoms with E-state index in [1.165, 1.54) is 20.8 Å². The minimum absolute atomic E-state index is 0.0346. The SMILES string of the molecule is CC(=O)c1ccc(NCC(C)(C)F)cc1. The number of nitrogens with one attached hydrogen (secondary N) is 1. The predicted octanol–water partition coefficient (Wildman–Crippen LogP) is 3.05. The number of ketones is 1. The second-order valence-electron chi connectivity index (χ2n) is 4.21. The Balaban J connectivity index is 2.61. The number of anilines is 1. The van der Waals surface area contributed by atoms with Gasteiger partial charge in [-0.05, 0) is 45.0 Å². The van der Waals surface area contributed by atoms with E-state index in [-0.39, 0.29) is 12.3 Å². The van der Waals surface area contributed by atoms with Crippen LogP contribution in [0.3, 0.4) is 0 Å². The fourth-order valence-electron chi connectivity index (χ4n) is 1.14. The molecule has 0 atom stereocenters. The predicted molar refractivity (Wildman–Crippen MR) is 60.1 cm³/mol. The van der Waals surface area contributed by atoms with Gasteiger partial charge in [0.2, 0.25) is 0 Å². The van der Waals surface area contributed by atoms with Gasteiger partial charge in [-0.3, -0.25) is 4.79 Å². The number of halogens is 1. The molecule has 0 amide bonds. The Labute approximate surface area is 89.5 Å². The lowest BCUT2D eigenvalue weighted by Gasteiger charge is -2.15. The van der Waals surface area contributed by atoms with E-state index in [9.17, 15) is 9.18 Å². The van der Waals surface area contributed by atoms with E-state index in [0.29, 0.717) is 5.56 Å². The van der Waals surface area contributed by atoms with E-state index in [1.807, 2.05) is 0 Å². The molecule has 0 fully saturated rings. The average Bonchev–Trinajstić information content (AvgIpc) is 2.14. The first-order chi connectivity index (χ1) is 6.88. The zero-order chi connectivity index (χ0) is 11.5. The van der Waals surface area contributed by atoms with E-state index < -0.39 is 5.67 Å². The van der Waals surface area contributed by atoms with E-state index in [2.05, 4.69) is 5.32 Å². The molecule has 0 saturated heterocycles. The van der Waals surface area contributed by atoms with Crippen molar-refractivity contribution in [3.05, 3.63) is 29.8 Å². The van der Waals surface area contributed by atoms with Crippen molar-refractivity contribution >= 4 is 11.5 Å². The molecule has 0 aliphatic heterocycles. The van der Waals surface area contributed by atoms with Crippen molar-refractivity contribution in [2.24, 2.45) is 0 Å². The molecule has 0 aliphatic carbocycles. The molecule has 0 saturated carbocycles. The number of Topliss-reactive ketones (excluding diaryl/α,β-unsaturated/α-hetero) is 1. The number of carbonyl (C=O) groups excluding carboxylic acids is 1. The summed E-state index contributed by atoms with van der Waals surface area (Å²) in [5, 5.41) is 2.96. The van der Waals surface area contributed by atoms with Crippen molar-refractivity contribution in [3.8, 4) is 0 Å². The molecule has 1 aromatic rings. The number of hydrogen-bond acceptors (Lipinski definition) is 2. The van der Waals surface area contributed by atoms with Gasteiger partial charge in [-0.2, -0.15) is 0 Å². The molecule has 0 aromatic heterocycles. The third kappa shape index (κ3) is 4.11. The summed E-state index contributed by atoms with van der Waals surface area (Å²) in [5.74, 6) is 0.0346. The molecule has 82 valence electrons. The van der Waals surface area contributed by atoms with E-state index in [0.717, 1.165) is 5.69 Å². The van der Waals surface area contributed by atoms with Gasteiger partial charge in [0.05, 0.1) is 0 Å². The minimum Gasteiger partial charge on any atom is -0.382 e. The largest absolute Gasteiger partial charge is 0.382 e. The first-order valence-electron chi connectivity index (χ1n) is 4.92. The van der Waals surface area contributed by atoms with Gasteiger partial charge in [-0.1, -0.05) is 0 Å². The van der Waals surface area contributed by atoms with Crippen LogP contribution in [-0.2, 0) is 0 Å². The van der Waals surface area contributed by atoms with Crippen molar-refractivity contribution in [1.29, 1.82) is 0 Å². The van der Waals surface area contributed by atoms with Crippen molar-refractivity contribution in [2.75, 3.05) is 11.9 Å². The van der Waals surface area contributed by atoms with Gasteiger partial charge < -0.3 is 5.32 Å². The van der Waals surface area contributed by atoms with Gasteiger partial charge in [0.1, 0.15) is 5.67 Å². The van der Waals surface area contributed by atoms with Crippen molar-refractivity contribution in [2.45, 2.75) is 26.4 Å². The van der Waals surface area contributed by atoms with E-state index in [1.54, 1.807) is 24.3 Å². The molecule has 1 rings (SSSR count). The van der Waals surface area contributed by atoms with E-state index in [4.69, 9.17) is 0 Å². The lowest BCUT2D eigenvalue weighted by Crippen LogP contribution is -2.24. The summed E-state index contributed by atoms with van der Waals surface area (Å²) in [6.07, 6.45) is 0. The number of rotatable bonds is 4. The van der Waals surface area contributed by atoms with Gasteiger partial charge in [0.15, 0.2) is 5.78 Å². The van der Waals surface area contributed by atoms with Crippen LogP contribution in [0.25, 0.3) is 0 Å². The summed E-state index contributed by atoms with van der Waals surface area (Å²) < 4.78 is 13.2. The molecular formula is C12H16FNO. The highest BCUT2D eigenvalue weighted by Gasteiger charge is 2.14. The smallest absolute Gasteiger partial charge is 0.159 e. The van der Waals surface area contributed by atoms with Gasteiger partial charge >= 0.3 is 0 Å². The summed E-state index contributed by atoms with van der Waals surface area (Å²) in [6.45, 7) is 4.81. The molecule has 1 N–H and O–H groups in total. The van der Waals surface area contributed by atoms with Gasteiger partial charge in [0.25, 0.3) is 0 Å². The number of carbonyl (C=O) groups is 1. The first-order valence-corrected chi connectivity index (χ1v) is 4.92. The van der Waals surface area contributed by atoms with Crippen LogP contribution in [0.2, 0.25) is 0 Å². The molecule has 0 bridgehead atoms. The summed E-state index contributed by atoms with van der Waals surface area (Å²) in [4.78, 5) is 11.0. The van der Waals surface area contributed by atoms with Crippen molar-refractivity contribution < 1.29 is 9.18 Å². The molecule has 0 spiro atoms. The highest BCUT2D eigenvalue weighted by atomic mass is 19.1. The average molecular weight is 209 g/mol. The fourth-order valence-corrected chi connectivity index (χ4v) is 1.14. The molecule has 2 nitrogen and oxygen atoms in total. The Kier molecular flexibility index (Phi) is 3.45. The fraction of sp³-hybridized carbons (Fsp3) is 0.417. The van der Waals surface area contributed by atoms with E-state index >= 15 is 0 Å². The summed E-state index contributed by atoms with van der Waals surface area (Å²) in [7, 11) is 0. The van der Waals surface area contributed by atoms with Gasteiger partial charge in [0, 0.05) is 17.8 Å². The third-order valence-corrected chi connectivity index (χ3v) is 2.00. The zero-order valence-corrected chi connectivity index (χ0v) is 9.30. The highest BCUT2D eigenvalue weighted by molar-refractivity contribution is 5.94. The molecule has 1 aromatic carbocycles. The number of benzene rings is 1. The maximum atomic E-state index is 13.2. The van der Waals surface area contributed by atoms with Crippen LogP contribution >= 0.6 is 0 Å². The summed E-state index contributed by atoms with van der Waals surface area (Å²) in [5.41, 5.74) is 0.255. The summed E-state index contributed by atoms with van der Waals surface area (Å²) >= 11 is 0. The number of hydrogen-bond donors (Lipinski definition) is 1. The van der Waals surface area contributed by atoms with Crippen molar-refractivity contribution in [3.63, 3.8) is 0 Å². The first kappa shape index (κ1) is 11.7. The monoisotopic (exact) mass is 209 g/mol. The topological polar surface area (TPSA) is 29.1 Å². The quantitative estimate of drug-likeness (QED) is 0.772. The zero-order valence-electron chi connectivity index (χ0n) is 9.30. The standard InChI is InChI=1S/C12H16FNO/c1-9(15)10-4-6-11(7-5-10)14-8-12(2,3)13/h4-7,14H,8H2,1-3H3.